The van der Waals surface area contributed by atoms with Crippen LogP contribution in [0.25, 0.3) is 22.2 Å². The lowest BCUT2D eigenvalue weighted by Gasteiger charge is -2.21. The van der Waals surface area contributed by atoms with Crippen molar-refractivity contribution in [1.29, 1.82) is 0 Å². The van der Waals surface area contributed by atoms with E-state index in [0.29, 0.717) is 26.2 Å². The van der Waals surface area contributed by atoms with E-state index in [1.54, 1.807) is 0 Å². The molecule has 0 spiro atoms. The summed E-state index contributed by atoms with van der Waals surface area (Å²) in [6, 6.07) is 19.1. The van der Waals surface area contributed by atoms with E-state index >= 15 is 0 Å². The minimum absolute atomic E-state index is 0.0686. The molecule has 1 aliphatic heterocycles. The number of urea groups is 1. The predicted octanol–water partition coefficient (Wildman–Crippen LogP) is 6.68. The molecule has 2 heterocycles. The second-order valence-electron chi connectivity index (χ2n) is 10.0. The highest BCUT2D eigenvalue weighted by Crippen LogP contribution is 2.34. The van der Waals surface area contributed by atoms with Crippen LogP contribution in [0.4, 0.5) is 4.79 Å². The van der Waals surface area contributed by atoms with Gasteiger partial charge in [-0.2, -0.15) is 0 Å². The van der Waals surface area contributed by atoms with E-state index < -0.39 is 0 Å². The average Bonchev–Trinajstić information content (AvgIpc) is 3.13. The Kier molecular flexibility index (Phi) is 7.45. The van der Waals surface area contributed by atoms with Gasteiger partial charge in [0.15, 0.2) is 0 Å². The zero-order valence-corrected chi connectivity index (χ0v) is 22.1. The van der Waals surface area contributed by atoms with Crippen LogP contribution in [0.2, 0.25) is 0 Å². The number of nitrogens with zero attached hydrogens (tertiary/aromatic N) is 2. The zero-order valence-electron chi connectivity index (χ0n) is 22.1. The molecule has 3 aromatic carbocycles. The molecule has 0 bridgehead atoms. The number of aryl methyl sites for hydroxylation is 3. The Morgan fingerprint density at radius 2 is 1.84 bits per heavy atom. The van der Waals surface area contributed by atoms with Gasteiger partial charge in [0.05, 0.1) is 24.1 Å². The third-order valence-corrected chi connectivity index (χ3v) is 7.08. The quantitative estimate of drug-likeness (QED) is 0.280. The van der Waals surface area contributed by atoms with Crippen molar-refractivity contribution in [3.63, 3.8) is 0 Å². The number of carbonyl (C=O) groups excluding carboxylic acids is 1. The van der Waals surface area contributed by atoms with E-state index in [1.165, 1.54) is 24.8 Å². The van der Waals surface area contributed by atoms with Gasteiger partial charge in [0, 0.05) is 12.1 Å². The number of aromatic nitrogens is 2. The van der Waals surface area contributed by atoms with Crippen LogP contribution < -0.4 is 10.1 Å². The molecule has 1 aliphatic rings. The number of carbonyl (C=O) groups is 1. The Labute approximate surface area is 219 Å². The van der Waals surface area contributed by atoms with E-state index in [0.717, 1.165) is 56.8 Å². The molecule has 6 nitrogen and oxygen atoms in total. The SMILES string of the molecule is CCCCCc1ccc(CNC(=O)N2CCOc3c(C)cc(-c4ccc5nc(C)[nH]c5c4)cc3C2)cc1. The Hall–Kier alpha value is -3.80. The summed E-state index contributed by atoms with van der Waals surface area (Å²) < 4.78 is 6.10. The van der Waals surface area contributed by atoms with Crippen LogP contribution >= 0.6 is 0 Å². The first-order valence-corrected chi connectivity index (χ1v) is 13.3. The van der Waals surface area contributed by atoms with Crippen molar-refractivity contribution in [1.82, 2.24) is 20.2 Å². The number of imidazole rings is 1. The fourth-order valence-electron chi connectivity index (χ4n) is 5.06. The van der Waals surface area contributed by atoms with Crippen molar-refractivity contribution in [2.75, 3.05) is 13.2 Å². The maximum atomic E-state index is 13.1. The van der Waals surface area contributed by atoms with Crippen LogP contribution in [0.5, 0.6) is 5.75 Å². The molecule has 37 heavy (non-hydrogen) atoms. The number of aromatic amines is 1. The minimum Gasteiger partial charge on any atom is -0.491 e. The molecule has 0 fully saturated rings. The number of nitrogens with one attached hydrogen (secondary N) is 2. The molecule has 0 aliphatic carbocycles. The molecule has 6 heteroatoms. The first kappa shape index (κ1) is 24.9. The van der Waals surface area contributed by atoms with Gasteiger partial charge in [-0.05, 0) is 78.8 Å². The highest BCUT2D eigenvalue weighted by molar-refractivity contribution is 5.82. The van der Waals surface area contributed by atoms with Crippen molar-refractivity contribution >= 4 is 17.1 Å². The van der Waals surface area contributed by atoms with Crippen LogP contribution in [0.3, 0.4) is 0 Å². The Morgan fingerprint density at radius 3 is 2.65 bits per heavy atom. The number of H-pyrrole nitrogens is 1. The van der Waals surface area contributed by atoms with Gasteiger partial charge in [-0.25, -0.2) is 9.78 Å². The lowest BCUT2D eigenvalue weighted by Crippen LogP contribution is -2.40. The van der Waals surface area contributed by atoms with Gasteiger partial charge >= 0.3 is 6.03 Å². The molecule has 2 N–H and O–H groups in total. The molecule has 2 amide bonds. The average molecular weight is 497 g/mol. The lowest BCUT2D eigenvalue weighted by molar-refractivity contribution is 0.187. The monoisotopic (exact) mass is 496 g/mol. The molecule has 192 valence electrons. The van der Waals surface area contributed by atoms with Gasteiger partial charge in [-0.15, -0.1) is 0 Å². The molecule has 5 rings (SSSR count). The van der Waals surface area contributed by atoms with E-state index in [2.05, 4.69) is 77.7 Å². The van der Waals surface area contributed by atoms with Gasteiger partial charge in [0.25, 0.3) is 0 Å². The number of amides is 2. The van der Waals surface area contributed by atoms with Gasteiger partial charge < -0.3 is 19.9 Å². The molecule has 0 unspecified atom stereocenters. The summed E-state index contributed by atoms with van der Waals surface area (Å²) in [7, 11) is 0. The predicted molar refractivity (Wildman–Crippen MR) is 149 cm³/mol. The first-order valence-electron chi connectivity index (χ1n) is 13.3. The number of unbranched alkanes of at least 4 members (excludes halogenated alkanes) is 2. The summed E-state index contributed by atoms with van der Waals surface area (Å²) in [5, 5.41) is 3.10. The third-order valence-electron chi connectivity index (χ3n) is 7.08. The normalized spacial score (nSPS) is 13.2. The highest BCUT2D eigenvalue weighted by Gasteiger charge is 2.22. The van der Waals surface area contributed by atoms with Crippen molar-refractivity contribution in [3.05, 3.63) is 82.7 Å². The van der Waals surface area contributed by atoms with Gasteiger partial charge in [-0.3, -0.25) is 0 Å². The van der Waals surface area contributed by atoms with Crippen molar-refractivity contribution < 1.29 is 9.53 Å². The van der Waals surface area contributed by atoms with Crippen LogP contribution in [-0.2, 0) is 19.5 Å². The van der Waals surface area contributed by atoms with Crippen molar-refractivity contribution in [3.8, 4) is 16.9 Å². The van der Waals surface area contributed by atoms with Gasteiger partial charge in [0.1, 0.15) is 18.2 Å². The van der Waals surface area contributed by atoms with E-state index in [1.807, 2.05) is 17.9 Å². The smallest absolute Gasteiger partial charge is 0.318 e. The van der Waals surface area contributed by atoms with E-state index in [-0.39, 0.29) is 6.03 Å². The minimum atomic E-state index is -0.0686. The molecule has 4 aromatic rings. The summed E-state index contributed by atoms with van der Waals surface area (Å²) in [6.45, 7) is 8.31. The van der Waals surface area contributed by atoms with Crippen LogP contribution in [0.15, 0.2) is 54.6 Å². The second kappa shape index (κ2) is 11.1. The summed E-state index contributed by atoms with van der Waals surface area (Å²) in [5.74, 6) is 1.79. The Bertz CT molecular complexity index is 1390. The summed E-state index contributed by atoms with van der Waals surface area (Å²) >= 11 is 0. The van der Waals surface area contributed by atoms with Crippen LogP contribution in [0.1, 0.15) is 54.3 Å². The molecule has 0 radical (unpaired) electrons. The standard InChI is InChI=1S/C31H36N4O2/c1-4-5-6-7-23-8-10-24(11-9-23)19-32-31(36)35-14-15-37-30-21(2)16-26(17-27(30)20-35)25-12-13-28-29(18-25)34-22(3)33-28/h8-13,16-18H,4-7,14-15,19-20H2,1-3H3,(H,32,36)(H,33,34). The van der Waals surface area contributed by atoms with E-state index in [4.69, 9.17) is 4.74 Å². The molecular formula is C31H36N4O2. The fraction of sp³-hybridized carbons (Fsp3) is 0.355. The van der Waals surface area contributed by atoms with Crippen LogP contribution in [0, 0.1) is 13.8 Å². The van der Waals surface area contributed by atoms with Crippen molar-refractivity contribution in [2.24, 2.45) is 0 Å². The molecular weight excluding hydrogens is 460 g/mol. The summed E-state index contributed by atoms with van der Waals surface area (Å²) in [5.41, 5.74) is 8.78. The first-order chi connectivity index (χ1) is 18.0. The molecule has 0 saturated heterocycles. The molecule has 0 saturated carbocycles. The van der Waals surface area contributed by atoms with E-state index in [9.17, 15) is 4.79 Å². The van der Waals surface area contributed by atoms with Gasteiger partial charge in [-0.1, -0.05) is 50.1 Å². The number of hydrogen-bond donors (Lipinski definition) is 2. The largest absolute Gasteiger partial charge is 0.491 e. The fourth-order valence-corrected chi connectivity index (χ4v) is 5.06. The Balaban J connectivity index is 1.27. The summed E-state index contributed by atoms with van der Waals surface area (Å²) in [6.07, 6.45) is 4.84. The van der Waals surface area contributed by atoms with Crippen LogP contribution in [-0.4, -0.2) is 34.1 Å². The van der Waals surface area contributed by atoms with Crippen molar-refractivity contribution in [2.45, 2.75) is 59.5 Å². The Morgan fingerprint density at radius 1 is 1.03 bits per heavy atom. The highest BCUT2D eigenvalue weighted by atomic mass is 16.5. The molecule has 0 atom stereocenters. The number of fused-ring (bicyclic) bond motifs is 2. The topological polar surface area (TPSA) is 70.2 Å². The second-order valence-corrected chi connectivity index (χ2v) is 10.0. The maximum absolute atomic E-state index is 13.1. The van der Waals surface area contributed by atoms with Gasteiger partial charge in [0.2, 0.25) is 0 Å². The zero-order chi connectivity index (χ0) is 25.8. The number of benzene rings is 3. The lowest BCUT2D eigenvalue weighted by atomic mass is 9.98. The summed E-state index contributed by atoms with van der Waals surface area (Å²) in [4.78, 5) is 22.8. The maximum Gasteiger partial charge on any atom is 0.318 e. The number of hydrogen-bond acceptors (Lipinski definition) is 3. The number of ether oxygens (including phenoxy) is 1. The number of rotatable bonds is 7. The molecule has 1 aromatic heterocycles. The third kappa shape index (κ3) is 5.79.